The van der Waals surface area contributed by atoms with E-state index < -0.39 is 42.5 Å². The molecule has 0 aliphatic carbocycles. The van der Waals surface area contributed by atoms with Gasteiger partial charge in [-0.1, -0.05) is 6.07 Å². The quantitative estimate of drug-likeness (QED) is 0.275. The number of nitro groups is 1. The average molecular weight is 306 g/mol. The van der Waals surface area contributed by atoms with Crippen molar-refractivity contribution >= 4 is 19.4 Å². The van der Waals surface area contributed by atoms with E-state index in [1.807, 2.05) is 0 Å². The summed E-state index contributed by atoms with van der Waals surface area (Å²) in [4.78, 5) is 38.0. The Morgan fingerprint density at radius 1 is 1.45 bits per heavy atom. The zero-order valence-electron chi connectivity index (χ0n) is 9.83. The molecule has 1 aromatic rings. The van der Waals surface area contributed by atoms with E-state index in [0.29, 0.717) is 0 Å². The fourth-order valence-electron chi connectivity index (χ4n) is 1.47. The van der Waals surface area contributed by atoms with Crippen molar-refractivity contribution in [1.82, 2.24) is 5.09 Å². The first-order valence-electron chi connectivity index (χ1n) is 5.12. The molecule has 20 heavy (non-hydrogen) atoms. The van der Waals surface area contributed by atoms with Crippen LogP contribution < -0.4 is 5.09 Å². The van der Waals surface area contributed by atoms with E-state index in [-0.39, 0.29) is 5.56 Å². The SMILES string of the molecule is O=C(O)C(Cc1ccc(O)c([N+](=O)[O-])c1)NP(=O)(O)O. The normalized spacial score (nSPS) is 12.9. The monoisotopic (exact) mass is 306 g/mol. The molecule has 1 rings (SSSR count). The Kier molecular flexibility index (Phi) is 4.79. The number of nitrogens with zero attached hydrogens (tertiary/aromatic N) is 1. The maximum absolute atomic E-state index is 10.9. The summed E-state index contributed by atoms with van der Waals surface area (Å²) in [6.07, 6.45) is -0.401. The number of nitrogens with one attached hydrogen (secondary N) is 1. The second kappa shape index (κ2) is 5.97. The zero-order chi connectivity index (χ0) is 15.5. The number of aliphatic carboxylic acids is 1. The van der Waals surface area contributed by atoms with Crippen molar-refractivity contribution in [3.8, 4) is 5.75 Å². The van der Waals surface area contributed by atoms with Gasteiger partial charge in [0, 0.05) is 6.07 Å². The third kappa shape index (κ3) is 4.59. The van der Waals surface area contributed by atoms with E-state index in [2.05, 4.69) is 0 Å². The largest absolute Gasteiger partial charge is 0.502 e. The van der Waals surface area contributed by atoms with Gasteiger partial charge >= 0.3 is 19.4 Å². The van der Waals surface area contributed by atoms with Crippen LogP contribution in [0.1, 0.15) is 5.56 Å². The first-order chi connectivity index (χ1) is 9.10. The molecular formula is C9H11N2O8P. The van der Waals surface area contributed by atoms with Gasteiger partial charge in [-0.25, -0.2) is 9.65 Å². The molecule has 110 valence electrons. The van der Waals surface area contributed by atoms with Crippen LogP contribution in [0.4, 0.5) is 5.69 Å². The van der Waals surface area contributed by atoms with E-state index in [0.717, 1.165) is 12.1 Å². The number of phenolic OH excluding ortho intramolecular Hbond substituents is 1. The summed E-state index contributed by atoms with van der Waals surface area (Å²) in [5.74, 6) is -2.11. The molecule has 0 saturated heterocycles. The van der Waals surface area contributed by atoms with Crippen molar-refractivity contribution in [3.63, 3.8) is 0 Å². The molecule has 11 heteroatoms. The highest BCUT2D eigenvalue weighted by molar-refractivity contribution is 7.49. The molecule has 0 bridgehead atoms. The molecule has 0 aliphatic rings. The molecule has 0 fully saturated rings. The third-order valence-electron chi connectivity index (χ3n) is 2.30. The predicted molar refractivity (Wildman–Crippen MR) is 65.1 cm³/mol. The fraction of sp³-hybridized carbons (Fsp3) is 0.222. The van der Waals surface area contributed by atoms with Gasteiger partial charge in [0.1, 0.15) is 6.04 Å². The van der Waals surface area contributed by atoms with Crippen molar-refractivity contribution in [2.24, 2.45) is 0 Å². The Labute approximate surface area is 112 Å². The van der Waals surface area contributed by atoms with E-state index in [1.54, 1.807) is 5.09 Å². The fourth-order valence-corrected chi connectivity index (χ4v) is 2.08. The van der Waals surface area contributed by atoms with Gasteiger partial charge < -0.3 is 20.0 Å². The number of phenols is 1. The molecular weight excluding hydrogens is 295 g/mol. The highest BCUT2D eigenvalue weighted by Crippen LogP contribution is 2.31. The molecule has 5 N–H and O–H groups in total. The molecule has 0 saturated carbocycles. The second-order valence-electron chi connectivity index (χ2n) is 3.85. The molecule has 0 heterocycles. The van der Waals surface area contributed by atoms with Crippen LogP contribution in [0, 0.1) is 10.1 Å². The van der Waals surface area contributed by atoms with Crippen molar-refractivity contribution in [2.75, 3.05) is 0 Å². The Balaban J connectivity index is 3.00. The number of hydrogen-bond acceptors (Lipinski definition) is 5. The molecule has 0 aromatic heterocycles. The standard InChI is InChI=1S/C9H11N2O8P/c12-8-2-1-5(4-7(8)11(15)16)3-6(9(13)14)10-20(17,18)19/h1-2,4,6,12H,3H2,(H,13,14)(H3,10,17,18,19). The smallest absolute Gasteiger partial charge is 0.401 e. The first-order valence-corrected chi connectivity index (χ1v) is 6.74. The van der Waals surface area contributed by atoms with E-state index >= 15 is 0 Å². The summed E-state index contributed by atoms with van der Waals surface area (Å²) in [5, 5.41) is 30.3. The lowest BCUT2D eigenvalue weighted by Gasteiger charge is -2.15. The van der Waals surface area contributed by atoms with E-state index in [9.17, 15) is 24.6 Å². The number of hydrogen-bond donors (Lipinski definition) is 5. The molecule has 0 amide bonds. The zero-order valence-corrected chi connectivity index (χ0v) is 10.7. The molecule has 0 spiro atoms. The van der Waals surface area contributed by atoms with Crippen molar-refractivity contribution < 1.29 is 34.3 Å². The number of benzene rings is 1. The van der Waals surface area contributed by atoms with Crippen LogP contribution in [0.15, 0.2) is 18.2 Å². The molecule has 0 aliphatic heterocycles. The number of rotatable bonds is 6. The number of carboxylic acid groups (broad SMARTS) is 1. The lowest BCUT2D eigenvalue weighted by molar-refractivity contribution is -0.385. The predicted octanol–water partition coefficient (Wildman–Crippen LogP) is -0.0216. The van der Waals surface area contributed by atoms with Crippen LogP contribution in [0.5, 0.6) is 5.75 Å². The number of carboxylic acids is 1. The number of carbonyl (C=O) groups is 1. The topological polar surface area (TPSA) is 170 Å². The highest BCUT2D eigenvalue weighted by Gasteiger charge is 2.27. The van der Waals surface area contributed by atoms with Gasteiger partial charge in [0.15, 0.2) is 5.75 Å². The van der Waals surface area contributed by atoms with Crippen LogP contribution in [0.2, 0.25) is 0 Å². The Bertz CT molecular complexity index is 583. The van der Waals surface area contributed by atoms with Gasteiger partial charge in [-0.05, 0) is 18.1 Å². The van der Waals surface area contributed by atoms with Crippen LogP contribution in [0.3, 0.4) is 0 Å². The minimum absolute atomic E-state index is 0.128. The summed E-state index contributed by atoms with van der Waals surface area (Å²) in [6, 6.07) is 1.54. The molecule has 1 aromatic carbocycles. The van der Waals surface area contributed by atoms with Crippen LogP contribution >= 0.6 is 7.75 Å². The molecule has 10 nitrogen and oxygen atoms in total. The summed E-state index contributed by atoms with van der Waals surface area (Å²) in [7, 11) is -4.77. The minimum Gasteiger partial charge on any atom is -0.502 e. The summed E-state index contributed by atoms with van der Waals surface area (Å²) < 4.78 is 10.7. The Morgan fingerprint density at radius 2 is 2.05 bits per heavy atom. The van der Waals surface area contributed by atoms with Gasteiger partial charge in [0.05, 0.1) is 4.92 Å². The summed E-state index contributed by atoms with van der Waals surface area (Å²) in [5.41, 5.74) is -0.495. The Hall–Kier alpha value is -2.00. The van der Waals surface area contributed by atoms with Gasteiger partial charge in [-0.15, -0.1) is 0 Å². The number of aromatic hydroxyl groups is 1. The van der Waals surface area contributed by atoms with Gasteiger partial charge in [0.2, 0.25) is 0 Å². The summed E-state index contributed by atoms with van der Waals surface area (Å²) in [6.45, 7) is 0. The van der Waals surface area contributed by atoms with E-state index in [1.165, 1.54) is 6.07 Å². The maximum atomic E-state index is 10.9. The maximum Gasteiger partial charge on any atom is 0.401 e. The minimum atomic E-state index is -4.77. The van der Waals surface area contributed by atoms with Crippen molar-refractivity contribution in [2.45, 2.75) is 12.5 Å². The first kappa shape index (κ1) is 16.1. The van der Waals surface area contributed by atoms with Gasteiger partial charge in [-0.3, -0.25) is 14.9 Å². The van der Waals surface area contributed by atoms with E-state index in [4.69, 9.17) is 14.9 Å². The lowest BCUT2D eigenvalue weighted by atomic mass is 10.1. The van der Waals surface area contributed by atoms with Gasteiger partial charge in [-0.2, -0.15) is 0 Å². The second-order valence-corrected chi connectivity index (χ2v) is 5.19. The third-order valence-corrected chi connectivity index (χ3v) is 2.95. The number of nitro benzene ring substituents is 1. The molecule has 1 atom stereocenters. The highest BCUT2D eigenvalue weighted by atomic mass is 31.2. The molecule has 1 unspecified atom stereocenters. The summed E-state index contributed by atoms with van der Waals surface area (Å²) >= 11 is 0. The van der Waals surface area contributed by atoms with Crippen molar-refractivity contribution in [1.29, 1.82) is 0 Å². The van der Waals surface area contributed by atoms with Gasteiger partial charge in [0.25, 0.3) is 0 Å². The van der Waals surface area contributed by atoms with Crippen LogP contribution in [0.25, 0.3) is 0 Å². The lowest BCUT2D eigenvalue weighted by Crippen LogP contribution is -2.36. The molecule has 0 radical (unpaired) electrons. The van der Waals surface area contributed by atoms with Crippen LogP contribution in [-0.2, 0) is 15.8 Å². The van der Waals surface area contributed by atoms with Crippen LogP contribution in [-0.4, -0.2) is 36.9 Å². The average Bonchev–Trinajstić information content (AvgIpc) is 2.28. The Morgan fingerprint density at radius 3 is 2.50 bits per heavy atom. The van der Waals surface area contributed by atoms with Crippen molar-refractivity contribution in [3.05, 3.63) is 33.9 Å².